The Kier molecular flexibility index (Phi) is 5.98. The molecule has 0 amide bonds. The zero-order valence-electron chi connectivity index (χ0n) is 12.5. The van der Waals surface area contributed by atoms with Gasteiger partial charge in [-0.1, -0.05) is 13.8 Å². The van der Waals surface area contributed by atoms with Crippen molar-refractivity contribution in [3.05, 3.63) is 0 Å². The number of rotatable bonds is 6. The van der Waals surface area contributed by atoms with Gasteiger partial charge >= 0.3 is 5.97 Å². The van der Waals surface area contributed by atoms with Gasteiger partial charge < -0.3 is 9.47 Å². The van der Waals surface area contributed by atoms with Crippen molar-refractivity contribution in [2.75, 3.05) is 13.7 Å². The molecule has 0 saturated heterocycles. The predicted molar refractivity (Wildman–Crippen MR) is 72.8 cm³/mol. The minimum atomic E-state index is -0.778. The monoisotopic (exact) mass is 270 g/mol. The maximum absolute atomic E-state index is 12.7. The van der Waals surface area contributed by atoms with Crippen LogP contribution in [0.3, 0.4) is 0 Å². The molecule has 0 aromatic carbocycles. The molecule has 4 nitrogen and oxygen atoms in total. The summed E-state index contributed by atoms with van der Waals surface area (Å²) in [5.41, 5.74) is -0.778. The molecule has 0 radical (unpaired) electrons. The molecule has 0 aromatic rings. The zero-order valence-corrected chi connectivity index (χ0v) is 12.5. The first kappa shape index (κ1) is 16.2. The molecule has 0 N–H and O–H groups in total. The first-order valence-corrected chi connectivity index (χ1v) is 7.26. The average Bonchev–Trinajstić information content (AvgIpc) is 2.41. The number of esters is 1. The average molecular weight is 270 g/mol. The van der Waals surface area contributed by atoms with Gasteiger partial charge in [0.05, 0.1) is 6.61 Å². The summed E-state index contributed by atoms with van der Waals surface area (Å²) in [5.74, 6) is -0.569. The van der Waals surface area contributed by atoms with Gasteiger partial charge in [-0.15, -0.1) is 0 Å². The van der Waals surface area contributed by atoms with Crippen molar-refractivity contribution in [2.24, 2.45) is 11.8 Å². The van der Waals surface area contributed by atoms with Gasteiger partial charge in [-0.2, -0.15) is 0 Å². The Morgan fingerprint density at radius 3 is 2.26 bits per heavy atom. The second kappa shape index (κ2) is 7.04. The van der Waals surface area contributed by atoms with Crippen molar-refractivity contribution in [3.8, 4) is 0 Å². The summed E-state index contributed by atoms with van der Waals surface area (Å²) in [6, 6.07) is 0. The van der Waals surface area contributed by atoms with Crippen LogP contribution in [0.4, 0.5) is 0 Å². The van der Waals surface area contributed by atoms with E-state index >= 15 is 0 Å². The third-order valence-corrected chi connectivity index (χ3v) is 4.22. The molecule has 0 spiro atoms. The van der Waals surface area contributed by atoms with Gasteiger partial charge in [0.25, 0.3) is 0 Å². The highest BCUT2D eigenvalue weighted by Gasteiger charge is 2.46. The summed E-state index contributed by atoms with van der Waals surface area (Å²) in [4.78, 5) is 24.6. The lowest BCUT2D eigenvalue weighted by Crippen LogP contribution is -2.49. The summed E-state index contributed by atoms with van der Waals surface area (Å²) in [5, 5.41) is 0. The highest BCUT2D eigenvalue weighted by Crippen LogP contribution is 2.37. The third kappa shape index (κ3) is 3.56. The van der Waals surface area contributed by atoms with Crippen molar-refractivity contribution in [1.82, 2.24) is 0 Å². The molecule has 4 heteroatoms. The van der Waals surface area contributed by atoms with Crippen LogP contribution in [-0.4, -0.2) is 31.1 Å². The van der Waals surface area contributed by atoms with Gasteiger partial charge in [-0.25, -0.2) is 0 Å². The SMILES string of the molecule is CCOC(=O)C(CC)C(=O)C1(OC)CCC(C)CC1. The number of hydrogen-bond donors (Lipinski definition) is 0. The fourth-order valence-corrected chi connectivity index (χ4v) is 2.80. The summed E-state index contributed by atoms with van der Waals surface area (Å²) in [7, 11) is 1.58. The van der Waals surface area contributed by atoms with Crippen molar-refractivity contribution in [3.63, 3.8) is 0 Å². The Balaban J connectivity index is 2.84. The number of ketones is 1. The number of Topliss-reactive ketones (excluding diaryl/α,β-unsaturated/α-hetero) is 1. The quantitative estimate of drug-likeness (QED) is 0.550. The van der Waals surface area contributed by atoms with Crippen LogP contribution in [0.5, 0.6) is 0 Å². The lowest BCUT2D eigenvalue weighted by molar-refractivity contribution is -0.162. The van der Waals surface area contributed by atoms with Crippen LogP contribution in [0.15, 0.2) is 0 Å². The van der Waals surface area contributed by atoms with Gasteiger partial charge in [-0.3, -0.25) is 9.59 Å². The second-order valence-corrected chi connectivity index (χ2v) is 5.46. The van der Waals surface area contributed by atoms with Crippen LogP contribution in [0.2, 0.25) is 0 Å². The van der Waals surface area contributed by atoms with Gasteiger partial charge in [0, 0.05) is 7.11 Å². The molecule has 19 heavy (non-hydrogen) atoms. The van der Waals surface area contributed by atoms with E-state index in [0.717, 1.165) is 12.8 Å². The normalized spacial score (nSPS) is 28.7. The molecule has 1 aliphatic carbocycles. The molecule has 0 aromatic heterocycles. The first-order chi connectivity index (χ1) is 9.00. The minimum absolute atomic E-state index is 0.0946. The van der Waals surface area contributed by atoms with Gasteiger partial charge in [0.1, 0.15) is 11.5 Å². The molecule has 110 valence electrons. The van der Waals surface area contributed by atoms with Crippen molar-refractivity contribution >= 4 is 11.8 Å². The molecule has 1 unspecified atom stereocenters. The van der Waals surface area contributed by atoms with Gasteiger partial charge in [0.15, 0.2) is 5.78 Å². The largest absolute Gasteiger partial charge is 0.465 e. The van der Waals surface area contributed by atoms with Crippen LogP contribution >= 0.6 is 0 Å². The summed E-state index contributed by atoms with van der Waals surface area (Å²) < 4.78 is 10.5. The molecule has 0 heterocycles. The zero-order chi connectivity index (χ0) is 14.5. The number of carbonyl (C=O) groups excluding carboxylic acids is 2. The smallest absolute Gasteiger partial charge is 0.316 e. The topological polar surface area (TPSA) is 52.6 Å². The number of hydrogen-bond acceptors (Lipinski definition) is 4. The van der Waals surface area contributed by atoms with Gasteiger partial charge in [-0.05, 0) is 44.9 Å². The van der Waals surface area contributed by atoms with Crippen LogP contribution in [0.25, 0.3) is 0 Å². The Morgan fingerprint density at radius 1 is 1.26 bits per heavy atom. The van der Waals surface area contributed by atoms with Crippen molar-refractivity contribution in [2.45, 2.75) is 58.5 Å². The van der Waals surface area contributed by atoms with Crippen molar-refractivity contribution in [1.29, 1.82) is 0 Å². The van der Waals surface area contributed by atoms with Crippen LogP contribution in [0.1, 0.15) is 52.9 Å². The molecule has 1 atom stereocenters. The molecule has 0 aliphatic heterocycles. The van der Waals surface area contributed by atoms with E-state index < -0.39 is 17.5 Å². The number of methoxy groups -OCH3 is 1. The lowest BCUT2D eigenvalue weighted by Gasteiger charge is -2.38. The molecule has 1 rings (SSSR count). The fourth-order valence-electron chi connectivity index (χ4n) is 2.80. The van der Waals surface area contributed by atoms with Crippen LogP contribution in [0, 0.1) is 11.8 Å². The Hall–Kier alpha value is -0.900. The highest BCUT2D eigenvalue weighted by atomic mass is 16.5. The van der Waals surface area contributed by atoms with E-state index in [1.54, 1.807) is 14.0 Å². The maximum Gasteiger partial charge on any atom is 0.316 e. The minimum Gasteiger partial charge on any atom is -0.465 e. The van der Waals surface area contributed by atoms with Crippen molar-refractivity contribution < 1.29 is 19.1 Å². The molecular formula is C15H26O4. The summed E-state index contributed by atoms with van der Waals surface area (Å²) >= 11 is 0. The number of ether oxygens (including phenoxy) is 2. The summed E-state index contributed by atoms with van der Waals surface area (Å²) in [6.07, 6.45) is 3.83. The Labute approximate surface area is 115 Å². The molecule has 1 fully saturated rings. The number of carbonyl (C=O) groups is 2. The fraction of sp³-hybridized carbons (Fsp3) is 0.867. The predicted octanol–water partition coefficient (Wildman–Crippen LogP) is 2.74. The molecule has 1 saturated carbocycles. The second-order valence-electron chi connectivity index (χ2n) is 5.46. The molecule has 0 bridgehead atoms. The third-order valence-electron chi connectivity index (χ3n) is 4.22. The van der Waals surface area contributed by atoms with E-state index in [9.17, 15) is 9.59 Å². The van der Waals surface area contributed by atoms with E-state index in [1.807, 2.05) is 6.92 Å². The molecule has 1 aliphatic rings. The van der Waals surface area contributed by atoms with E-state index in [0.29, 0.717) is 31.8 Å². The van der Waals surface area contributed by atoms with Crippen LogP contribution < -0.4 is 0 Å². The van der Waals surface area contributed by atoms with E-state index in [1.165, 1.54) is 0 Å². The standard InChI is InChI=1S/C15H26O4/c1-5-12(14(17)19-6-2)13(16)15(18-4)9-7-11(3)8-10-15/h11-12H,5-10H2,1-4H3. The maximum atomic E-state index is 12.7. The Morgan fingerprint density at radius 2 is 1.84 bits per heavy atom. The lowest BCUT2D eigenvalue weighted by atomic mass is 9.73. The van der Waals surface area contributed by atoms with E-state index in [2.05, 4.69) is 6.92 Å². The Bertz CT molecular complexity index is 316. The summed E-state index contributed by atoms with van der Waals surface area (Å²) in [6.45, 7) is 6.09. The highest BCUT2D eigenvalue weighted by molar-refractivity contribution is 6.03. The van der Waals surface area contributed by atoms with Gasteiger partial charge in [0.2, 0.25) is 0 Å². The van der Waals surface area contributed by atoms with E-state index in [4.69, 9.17) is 9.47 Å². The molecular weight excluding hydrogens is 244 g/mol. The first-order valence-electron chi connectivity index (χ1n) is 7.26. The van der Waals surface area contributed by atoms with Crippen LogP contribution in [-0.2, 0) is 19.1 Å². The van der Waals surface area contributed by atoms with E-state index in [-0.39, 0.29) is 5.78 Å².